The lowest BCUT2D eigenvalue weighted by Gasteiger charge is -1.97. The topological polar surface area (TPSA) is 79.8 Å². The van der Waals surface area contributed by atoms with Crippen molar-refractivity contribution in [2.45, 2.75) is 11.3 Å². The van der Waals surface area contributed by atoms with Crippen LogP contribution in [0.1, 0.15) is 16.1 Å². The molecule has 2 aromatic carbocycles. The van der Waals surface area contributed by atoms with E-state index >= 15 is 0 Å². The lowest BCUT2D eigenvalue weighted by atomic mass is 10.1. The molecule has 0 bridgehead atoms. The molecular formula is C20H16N3O3S2+. The van der Waals surface area contributed by atoms with Gasteiger partial charge < -0.3 is 0 Å². The van der Waals surface area contributed by atoms with Crippen LogP contribution in [-0.4, -0.2) is 21.8 Å². The molecule has 8 heteroatoms. The summed E-state index contributed by atoms with van der Waals surface area (Å²) in [5.74, 6) is -0.230. The average molecular weight is 411 g/mol. The number of ketones is 1. The predicted molar refractivity (Wildman–Crippen MR) is 108 cm³/mol. The maximum atomic E-state index is 12.7. The van der Waals surface area contributed by atoms with E-state index in [9.17, 15) is 9.59 Å². The van der Waals surface area contributed by atoms with Gasteiger partial charge in [-0.3, -0.25) is 9.32 Å². The number of aromatic amines is 1. The fourth-order valence-corrected chi connectivity index (χ4v) is 4.35. The maximum Gasteiger partial charge on any atom is 0.438 e. The third-order valence-electron chi connectivity index (χ3n) is 4.08. The summed E-state index contributed by atoms with van der Waals surface area (Å²) in [5, 5.41) is 4.45. The van der Waals surface area contributed by atoms with Gasteiger partial charge >= 0.3 is 11.3 Å². The van der Waals surface area contributed by atoms with Gasteiger partial charge in [0.15, 0.2) is 4.34 Å². The molecule has 2 aromatic heterocycles. The fraction of sp³-hybridized carbons (Fsp3) is 0.100. The number of hydrogen-bond acceptors (Lipinski definition) is 6. The normalized spacial score (nSPS) is 10.9. The Labute approximate surface area is 168 Å². The SMILES string of the molecule is Cc1ccc(-c2csc(SCC(=O)c3c(=O)o[nH][n+]3-c3ccccc3)n2)cc1. The zero-order chi connectivity index (χ0) is 19.5. The van der Waals surface area contributed by atoms with Crippen molar-refractivity contribution in [2.75, 3.05) is 5.75 Å². The van der Waals surface area contributed by atoms with Crippen molar-refractivity contribution in [1.29, 1.82) is 0 Å². The van der Waals surface area contributed by atoms with Crippen LogP contribution in [0, 0.1) is 6.92 Å². The second kappa shape index (κ2) is 7.95. The van der Waals surface area contributed by atoms with Crippen LogP contribution in [-0.2, 0) is 0 Å². The first-order valence-electron chi connectivity index (χ1n) is 8.49. The summed E-state index contributed by atoms with van der Waals surface area (Å²) < 4.78 is 6.97. The lowest BCUT2D eigenvalue weighted by Crippen LogP contribution is -2.41. The van der Waals surface area contributed by atoms with Crippen LogP contribution in [0.5, 0.6) is 0 Å². The number of aryl methyl sites for hydroxylation is 1. The molecule has 28 heavy (non-hydrogen) atoms. The molecule has 0 fully saturated rings. The first kappa shape index (κ1) is 18.4. The maximum absolute atomic E-state index is 12.7. The Morgan fingerprint density at radius 1 is 1.18 bits per heavy atom. The fourth-order valence-electron chi connectivity index (χ4n) is 2.65. The third kappa shape index (κ3) is 3.83. The summed E-state index contributed by atoms with van der Waals surface area (Å²) in [7, 11) is 0. The van der Waals surface area contributed by atoms with E-state index in [-0.39, 0.29) is 17.2 Å². The van der Waals surface area contributed by atoms with Crippen LogP contribution >= 0.6 is 23.1 Å². The number of para-hydroxylation sites is 1. The molecule has 140 valence electrons. The zero-order valence-corrected chi connectivity index (χ0v) is 16.5. The molecule has 0 saturated carbocycles. The molecule has 0 saturated heterocycles. The number of carbonyl (C=O) groups excluding carboxylic acids is 1. The van der Waals surface area contributed by atoms with Gasteiger partial charge in [0.1, 0.15) is 0 Å². The Morgan fingerprint density at radius 3 is 2.68 bits per heavy atom. The van der Waals surface area contributed by atoms with Gasteiger partial charge in [-0.15, -0.1) is 11.3 Å². The minimum Gasteiger partial charge on any atom is -0.286 e. The van der Waals surface area contributed by atoms with Gasteiger partial charge in [-0.05, 0) is 16.9 Å². The highest BCUT2D eigenvalue weighted by Gasteiger charge is 2.30. The number of nitrogens with zero attached hydrogens (tertiary/aromatic N) is 2. The first-order chi connectivity index (χ1) is 13.6. The number of nitrogens with one attached hydrogen (secondary N) is 1. The molecule has 1 N–H and O–H groups in total. The number of aromatic nitrogens is 3. The molecule has 0 aliphatic rings. The number of thiazole rings is 1. The van der Waals surface area contributed by atoms with E-state index in [1.807, 2.05) is 54.8 Å². The van der Waals surface area contributed by atoms with E-state index in [1.54, 1.807) is 12.1 Å². The molecule has 6 nitrogen and oxygen atoms in total. The lowest BCUT2D eigenvalue weighted by molar-refractivity contribution is -0.672. The molecule has 2 heterocycles. The Bertz CT molecular complexity index is 1160. The largest absolute Gasteiger partial charge is 0.438 e. The number of Topliss-reactive ketones (excluding diaryl/α,β-unsaturated/α-hetero) is 1. The van der Waals surface area contributed by atoms with Crippen LogP contribution in [0.15, 0.2) is 73.6 Å². The second-order valence-corrected chi connectivity index (χ2v) is 8.16. The summed E-state index contributed by atoms with van der Waals surface area (Å²) in [6.45, 7) is 2.04. The highest BCUT2D eigenvalue weighted by Crippen LogP contribution is 2.28. The minimum absolute atomic E-state index is 0.0333. The van der Waals surface area contributed by atoms with Gasteiger partial charge in [0, 0.05) is 23.1 Å². The highest BCUT2D eigenvalue weighted by molar-refractivity contribution is 8.01. The molecule has 0 amide bonds. The number of thioether (sulfide) groups is 1. The number of benzene rings is 2. The highest BCUT2D eigenvalue weighted by atomic mass is 32.2. The van der Waals surface area contributed by atoms with Crippen LogP contribution in [0.4, 0.5) is 0 Å². The number of H-pyrrole nitrogens is 1. The average Bonchev–Trinajstić information content (AvgIpc) is 3.34. The van der Waals surface area contributed by atoms with Crippen LogP contribution in [0.2, 0.25) is 0 Å². The molecule has 4 rings (SSSR count). The van der Waals surface area contributed by atoms with Gasteiger partial charge in [0.25, 0.3) is 0 Å². The molecule has 4 aromatic rings. The number of carbonyl (C=O) groups is 1. The monoisotopic (exact) mass is 410 g/mol. The Balaban J connectivity index is 1.49. The minimum atomic E-state index is -0.686. The van der Waals surface area contributed by atoms with Gasteiger partial charge in [-0.1, -0.05) is 59.8 Å². The van der Waals surface area contributed by atoms with Crippen LogP contribution < -0.4 is 10.3 Å². The Kier molecular flexibility index (Phi) is 5.23. The molecule has 0 unspecified atom stereocenters. The van der Waals surface area contributed by atoms with Crippen LogP contribution in [0.3, 0.4) is 0 Å². The quantitative estimate of drug-likeness (QED) is 0.298. The summed E-state index contributed by atoms with van der Waals surface area (Å²) in [6.07, 6.45) is 0. The summed E-state index contributed by atoms with van der Waals surface area (Å²) in [4.78, 5) is 29.3. The van der Waals surface area contributed by atoms with Crippen molar-refractivity contribution in [3.8, 4) is 16.9 Å². The van der Waals surface area contributed by atoms with E-state index < -0.39 is 5.63 Å². The van der Waals surface area contributed by atoms with Gasteiger partial charge in [-0.2, -0.15) is 0 Å². The summed E-state index contributed by atoms with van der Waals surface area (Å²) in [6, 6.07) is 17.2. The van der Waals surface area contributed by atoms with Crippen molar-refractivity contribution in [3.63, 3.8) is 0 Å². The number of hydrogen-bond donors (Lipinski definition) is 1. The molecule has 0 radical (unpaired) electrons. The van der Waals surface area contributed by atoms with Crippen LogP contribution in [0.25, 0.3) is 16.9 Å². The van der Waals surface area contributed by atoms with E-state index in [2.05, 4.69) is 10.3 Å². The van der Waals surface area contributed by atoms with Crippen molar-refractivity contribution in [1.82, 2.24) is 10.3 Å². The second-order valence-electron chi connectivity index (χ2n) is 6.08. The standard InChI is InChI=1S/C20H15N3O3S2/c1-13-7-9-14(10-8-13)16-11-27-20(21-16)28-12-17(24)18-19(25)26-22-23(18)15-5-3-2-4-6-15/h2-11H,12H2,1H3/p+1. The third-order valence-corrected chi connectivity index (χ3v) is 6.10. The summed E-state index contributed by atoms with van der Waals surface area (Å²) >= 11 is 2.78. The van der Waals surface area contributed by atoms with Gasteiger partial charge in [0.2, 0.25) is 11.5 Å². The first-order valence-corrected chi connectivity index (χ1v) is 10.4. The Morgan fingerprint density at radius 2 is 1.93 bits per heavy atom. The van der Waals surface area contributed by atoms with Crippen molar-refractivity contribution < 1.29 is 14.0 Å². The molecule has 0 aliphatic carbocycles. The zero-order valence-electron chi connectivity index (χ0n) is 14.9. The van der Waals surface area contributed by atoms with Gasteiger partial charge in [0.05, 0.1) is 11.4 Å². The molecule has 0 atom stereocenters. The van der Waals surface area contributed by atoms with Gasteiger partial charge in [-0.25, -0.2) is 9.78 Å². The van der Waals surface area contributed by atoms with Crippen molar-refractivity contribution in [3.05, 3.63) is 81.7 Å². The molecular weight excluding hydrogens is 394 g/mol. The smallest absolute Gasteiger partial charge is 0.286 e. The molecule has 0 spiro atoms. The molecule has 0 aliphatic heterocycles. The Hall–Kier alpha value is -2.97. The van der Waals surface area contributed by atoms with E-state index in [4.69, 9.17) is 4.52 Å². The van der Waals surface area contributed by atoms with Crippen molar-refractivity contribution in [2.24, 2.45) is 0 Å². The predicted octanol–water partition coefficient (Wildman–Crippen LogP) is 3.65. The van der Waals surface area contributed by atoms with Crippen molar-refractivity contribution >= 4 is 28.9 Å². The van der Waals surface area contributed by atoms with E-state index in [0.717, 1.165) is 15.6 Å². The number of rotatable bonds is 6. The summed E-state index contributed by atoms with van der Waals surface area (Å²) in [5.41, 5.74) is 3.03. The van der Waals surface area contributed by atoms with E-state index in [1.165, 1.54) is 33.3 Å². The van der Waals surface area contributed by atoms with E-state index in [0.29, 0.717) is 5.69 Å².